The molecule has 29 heavy (non-hydrogen) atoms. The topological polar surface area (TPSA) is 94.3 Å². The maximum atomic E-state index is 12.8. The SMILES string of the molecule is C[C@@]1(CCc2ccccc2)NC(=O)N(NC(=O)Cc2c[nH]c3ccccc23)C1=O. The number of nitrogens with one attached hydrogen (secondary N) is 3. The third-order valence-corrected chi connectivity index (χ3v) is 5.28. The zero-order chi connectivity index (χ0) is 20.4. The smallest absolute Gasteiger partial charge is 0.344 e. The van der Waals surface area contributed by atoms with Crippen LogP contribution in [0.3, 0.4) is 0 Å². The Morgan fingerprint density at radius 1 is 1.07 bits per heavy atom. The first-order valence-corrected chi connectivity index (χ1v) is 9.51. The zero-order valence-corrected chi connectivity index (χ0v) is 16.1. The number of hydrogen-bond acceptors (Lipinski definition) is 3. The van der Waals surface area contributed by atoms with E-state index in [1.165, 1.54) is 0 Å². The van der Waals surface area contributed by atoms with Gasteiger partial charge in [-0.2, -0.15) is 5.01 Å². The van der Waals surface area contributed by atoms with E-state index in [2.05, 4.69) is 15.7 Å². The second kappa shape index (κ2) is 7.43. The summed E-state index contributed by atoms with van der Waals surface area (Å²) in [5.41, 5.74) is 4.21. The highest BCUT2D eigenvalue weighted by Gasteiger charge is 2.48. The van der Waals surface area contributed by atoms with Crippen molar-refractivity contribution in [2.75, 3.05) is 0 Å². The van der Waals surface area contributed by atoms with Gasteiger partial charge >= 0.3 is 6.03 Å². The molecule has 0 saturated carbocycles. The van der Waals surface area contributed by atoms with Crippen LogP contribution in [0.15, 0.2) is 60.8 Å². The number of amides is 4. The van der Waals surface area contributed by atoms with Gasteiger partial charge in [-0.15, -0.1) is 0 Å². The lowest BCUT2D eigenvalue weighted by Gasteiger charge is -2.21. The van der Waals surface area contributed by atoms with Gasteiger partial charge < -0.3 is 10.3 Å². The number of carbonyl (C=O) groups is 3. The van der Waals surface area contributed by atoms with Crippen LogP contribution in [-0.2, 0) is 22.4 Å². The van der Waals surface area contributed by atoms with Crippen LogP contribution in [0.1, 0.15) is 24.5 Å². The minimum absolute atomic E-state index is 0.0573. The number of aromatic amines is 1. The number of aromatic nitrogens is 1. The van der Waals surface area contributed by atoms with E-state index in [-0.39, 0.29) is 6.42 Å². The van der Waals surface area contributed by atoms with Crippen molar-refractivity contribution in [3.8, 4) is 0 Å². The third kappa shape index (κ3) is 3.71. The lowest BCUT2D eigenvalue weighted by Crippen LogP contribution is -2.49. The molecule has 1 fully saturated rings. The summed E-state index contributed by atoms with van der Waals surface area (Å²) in [6.07, 6.45) is 2.90. The molecular formula is C22H22N4O3. The average Bonchev–Trinajstić information content (AvgIpc) is 3.22. The number of urea groups is 1. The number of carbonyl (C=O) groups excluding carboxylic acids is 3. The summed E-state index contributed by atoms with van der Waals surface area (Å²) in [6.45, 7) is 1.68. The van der Waals surface area contributed by atoms with Crippen molar-refractivity contribution in [2.45, 2.75) is 31.7 Å². The standard InChI is InChI=1S/C22H22N4O3/c1-22(12-11-15-7-3-2-4-8-15)20(28)26(21(29)24-22)25-19(27)13-16-14-23-18-10-6-5-9-17(16)18/h2-10,14,23H,11-13H2,1H3,(H,24,29)(H,25,27)/t22-/m0/s1. The Bertz CT molecular complexity index is 1080. The van der Waals surface area contributed by atoms with Gasteiger partial charge in [-0.05, 0) is 37.0 Å². The number of para-hydroxylation sites is 1. The molecule has 0 spiro atoms. The summed E-state index contributed by atoms with van der Waals surface area (Å²) in [7, 11) is 0. The van der Waals surface area contributed by atoms with Gasteiger partial charge in [-0.1, -0.05) is 48.5 Å². The maximum Gasteiger partial charge on any atom is 0.344 e. The minimum atomic E-state index is -1.05. The minimum Gasteiger partial charge on any atom is -0.361 e. The molecule has 1 aliphatic heterocycles. The van der Waals surface area contributed by atoms with E-state index in [9.17, 15) is 14.4 Å². The van der Waals surface area contributed by atoms with Crippen LogP contribution < -0.4 is 10.7 Å². The lowest BCUT2D eigenvalue weighted by atomic mass is 9.93. The summed E-state index contributed by atoms with van der Waals surface area (Å²) >= 11 is 0. The van der Waals surface area contributed by atoms with Gasteiger partial charge in [-0.3, -0.25) is 15.0 Å². The van der Waals surface area contributed by atoms with Gasteiger partial charge in [0.15, 0.2) is 0 Å². The van der Waals surface area contributed by atoms with Crippen molar-refractivity contribution in [3.05, 3.63) is 71.9 Å². The monoisotopic (exact) mass is 390 g/mol. The molecule has 4 amide bonds. The summed E-state index contributed by atoms with van der Waals surface area (Å²) in [4.78, 5) is 40.8. The van der Waals surface area contributed by atoms with Crippen LogP contribution >= 0.6 is 0 Å². The molecule has 3 aromatic rings. The van der Waals surface area contributed by atoms with Crippen molar-refractivity contribution in [2.24, 2.45) is 0 Å². The number of fused-ring (bicyclic) bond motifs is 1. The molecule has 3 N–H and O–H groups in total. The van der Waals surface area contributed by atoms with Crippen molar-refractivity contribution < 1.29 is 14.4 Å². The first kappa shape index (κ1) is 18.7. The largest absolute Gasteiger partial charge is 0.361 e. The molecule has 2 heterocycles. The second-order valence-electron chi connectivity index (χ2n) is 7.46. The van der Waals surface area contributed by atoms with Gasteiger partial charge in [-0.25, -0.2) is 4.79 Å². The molecule has 0 unspecified atom stereocenters. The fraction of sp³-hybridized carbons (Fsp3) is 0.227. The van der Waals surface area contributed by atoms with E-state index >= 15 is 0 Å². The number of imide groups is 1. The molecule has 1 saturated heterocycles. The van der Waals surface area contributed by atoms with Crippen LogP contribution in [0.25, 0.3) is 10.9 Å². The van der Waals surface area contributed by atoms with Crippen molar-refractivity contribution in [1.82, 2.24) is 20.7 Å². The summed E-state index contributed by atoms with van der Waals surface area (Å²) < 4.78 is 0. The van der Waals surface area contributed by atoms with E-state index in [1.54, 1.807) is 13.1 Å². The second-order valence-corrected chi connectivity index (χ2v) is 7.46. The highest BCUT2D eigenvalue weighted by Crippen LogP contribution is 2.23. The Hall–Kier alpha value is -3.61. The molecule has 0 bridgehead atoms. The molecule has 2 aromatic carbocycles. The van der Waals surface area contributed by atoms with E-state index in [0.717, 1.165) is 27.0 Å². The van der Waals surface area contributed by atoms with Gasteiger partial charge in [0, 0.05) is 17.1 Å². The Morgan fingerprint density at radius 3 is 2.59 bits per heavy atom. The summed E-state index contributed by atoms with van der Waals surface area (Å²) in [6, 6.07) is 16.8. The summed E-state index contributed by atoms with van der Waals surface area (Å²) in [5.74, 6) is -0.878. The number of rotatable bonds is 6. The van der Waals surface area contributed by atoms with Crippen molar-refractivity contribution in [3.63, 3.8) is 0 Å². The number of aryl methyl sites for hydroxylation is 1. The van der Waals surface area contributed by atoms with E-state index in [4.69, 9.17) is 0 Å². The number of hydrogen-bond donors (Lipinski definition) is 3. The zero-order valence-electron chi connectivity index (χ0n) is 16.1. The van der Waals surface area contributed by atoms with E-state index in [1.807, 2.05) is 54.6 Å². The lowest BCUT2D eigenvalue weighted by molar-refractivity contribution is -0.138. The molecule has 7 nitrogen and oxygen atoms in total. The molecule has 7 heteroatoms. The van der Waals surface area contributed by atoms with Crippen LogP contribution in [0, 0.1) is 0 Å². The van der Waals surface area contributed by atoms with Crippen LogP contribution in [0.2, 0.25) is 0 Å². The number of H-pyrrole nitrogens is 1. The van der Waals surface area contributed by atoms with Crippen molar-refractivity contribution >= 4 is 28.7 Å². The predicted molar refractivity (Wildman–Crippen MR) is 109 cm³/mol. The van der Waals surface area contributed by atoms with Gasteiger partial charge in [0.1, 0.15) is 5.54 Å². The van der Waals surface area contributed by atoms with E-state index in [0.29, 0.717) is 12.8 Å². The first-order chi connectivity index (χ1) is 14.0. The Kier molecular flexibility index (Phi) is 4.80. The molecule has 148 valence electrons. The Morgan fingerprint density at radius 2 is 1.79 bits per heavy atom. The van der Waals surface area contributed by atoms with E-state index < -0.39 is 23.4 Å². The third-order valence-electron chi connectivity index (χ3n) is 5.28. The highest BCUT2D eigenvalue weighted by molar-refractivity contribution is 6.07. The van der Waals surface area contributed by atoms with Gasteiger partial charge in [0.2, 0.25) is 5.91 Å². The van der Waals surface area contributed by atoms with Crippen LogP contribution in [-0.4, -0.2) is 33.4 Å². The van der Waals surface area contributed by atoms with Crippen molar-refractivity contribution in [1.29, 1.82) is 0 Å². The number of nitrogens with zero attached hydrogens (tertiary/aromatic N) is 1. The molecule has 1 aromatic heterocycles. The molecule has 1 atom stereocenters. The quantitative estimate of drug-likeness (QED) is 0.565. The molecule has 0 aliphatic carbocycles. The average molecular weight is 390 g/mol. The maximum absolute atomic E-state index is 12.8. The fourth-order valence-corrected chi connectivity index (χ4v) is 3.61. The summed E-state index contributed by atoms with van der Waals surface area (Å²) in [5, 5.41) is 4.44. The molecular weight excluding hydrogens is 368 g/mol. The normalized spacial score (nSPS) is 18.9. The van der Waals surface area contributed by atoms with Crippen LogP contribution in [0.4, 0.5) is 4.79 Å². The molecule has 1 aliphatic rings. The fourth-order valence-electron chi connectivity index (χ4n) is 3.61. The molecule has 4 rings (SSSR count). The van der Waals surface area contributed by atoms with Gasteiger partial charge in [0.25, 0.3) is 5.91 Å². The highest BCUT2D eigenvalue weighted by atomic mass is 16.2. The molecule has 0 radical (unpaired) electrons. The Labute approximate surface area is 168 Å². The first-order valence-electron chi connectivity index (χ1n) is 9.51. The predicted octanol–water partition coefficient (Wildman–Crippen LogP) is 2.68. The number of benzene rings is 2. The van der Waals surface area contributed by atoms with Crippen LogP contribution in [0.5, 0.6) is 0 Å². The Balaban J connectivity index is 1.41. The number of hydrazine groups is 1. The van der Waals surface area contributed by atoms with Gasteiger partial charge in [0.05, 0.1) is 6.42 Å².